The maximum Gasteiger partial charge on any atom is 0.0328 e. The summed E-state index contributed by atoms with van der Waals surface area (Å²) in [7, 11) is 0. The predicted octanol–water partition coefficient (Wildman–Crippen LogP) is 3.58. The average molecular weight is 258 g/mol. The summed E-state index contributed by atoms with van der Waals surface area (Å²) in [6.07, 6.45) is 1.22. The van der Waals surface area contributed by atoms with E-state index in [1.54, 1.807) is 0 Å². The minimum atomic E-state index is 0.293. The summed E-state index contributed by atoms with van der Waals surface area (Å²) in [4.78, 5) is 0. The Kier molecular flexibility index (Phi) is 4.39. The standard InChI is InChI=1S/C7H14Br2/c1-6(2)4-7(3,9)5-8/h6H,4-5H2,1-3H3. The van der Waals surface area contributed by atoms with Crippen molar-refractivity contribution < 1.29 is 0 Å². The maximum absolute atomic E-state index is 3.63. The van der Waals surface area contributed by atoms with Gasteiger partial charge < -0.3 is 0 Å². The molecule has 2 heteroatoms. The van der Waals surface area contributed by atoms with Crippen LogP contribution in [-0.2, 0) is 0 Å². The zero-order chi connectivity index (χ0) is 7.49. The van der Waals surface area contributed by atoms with Crippen molar-refractivity contribution in [2.45, 2.75) is 31.5 Å². The Morgan fingerprint density at radius 1 is 1.44 bits per heavy atom. The molecule has 0 rings (SSSR count). The van der Waals surface area contributed by atoms with Crippen LogP contribution in [0.25, 0.3) is 0 Å². The monoisotopic (exact) mass is 256 g/mol. The minimum Gasteiger partial charge on any atom is -0.0913 e. The van der Waals surface area contributed by atoms with E-state index in [-0.39, 0.29) is 0 Å². The summed E-state index contributed by atoms with van der Waals surface area (Å²) in [5, 5.41) is 1.03. The van der Waals surface area contributed by atoms with Gasteiger partial charge in [0, 0.05) is 9.65 Å². The molecule has 0 saturated carbocycles. The Bertz CT molecular complexity index is 77.0. The Balaban J connectivity index is 3.58. The molecule has 0 amide bonds. The molecular formula is C7H14Br2. The van der Waals surface area contributed by atoms with E-state index >= 15 is 0 Å². The largest absolute Gasteiger partial charge is 0.0913 e. The molecule has 0 bridgehead atoms. The van der Waals surface area contributed by atoms with Crippen LogP contribution in [0.3, 0.4) is 0 Å². The third-order valence-electron chi connectivity index (χ3n) is 1.11. The SMILES string of the molecule is CC(C)CC(C)(Br)CBr. The lowest BCUT2D eigenvalue weighted by atomic mass is 10.0. The first-order valence-corrected chi connectivity index (χ1v) is 5.14. The van der Waals surface area contributed by atoms with Crippen molar-refractivity contribution in [1.29, 1.82) is 0 Å². The summed E-state index contributed by atoms with van der Waals surface area (Å²) in [6.45, 7) is 6.69. The number of alkyl halides is 2. The molecule has 0 spiro atoms. The van der Waals surface area contributed by atoms with Crippen LogP contribution in [0.2, 0.25) is 0 Å². The average Bonchev–Trinajstić information content (AvgIpc) is 1.63. The number of hydrogen-bond donors (Lipinski definition) is 0. The third-order valence-corrected chi connectivity index (χ3v) is 3.71. The third kappa shape index (κ3) is 5.41. The van der Waals surface area contributed by atoms with Gasteiger partial charge in [0.2, 0.25) is 0 Å². The van der Waals surface area contributed by atoms with Gasteiger partial charge in [-0.1, -0.05) is 45.7 Å². The van der Waals surface area contributed by atoms with E-state index in [4.69, 9.17) is 0 Å². The lowest BCUT2D eigenvalue weighted by molar-refractivity contribution is 0.516. The Morgan fingerprint density at radius 2 is 1.89 bits per heavy atom. The van der Waals surface area contributed by atoms with Gasteiger partial charge in [-0.3, -0.25) is 0 Å². The zero-order valence-electron chi connectivity index (χ0n) is 6.25. The first-order valence-electron chi connectivity index (χ1n) is 3.23. The van der Waals surface area contributed by atoms with Crippen molar-refractivity contribution in [1.82, 2.24) is 0 Å². The van der Waals surface area contributed by atoms with Gasteiger partial charge in [-0.2, -0.15) is 0 Å². The second-order valence-corrected chi connectivity index (χ2v) is 5.62. The topological polar surface area (TPSA) is 0 Å². The van der Waals surface area contributed by atoms with Crippen molar-refractivity contribution in [2.75, 3.05) is 5.33 Å². The molecule has 0 aromatic heterocycles. The van der Waals surface area contributed by atoms with Crippen LogP contribution in [0.4, 0.5) is 0 Å². The quantitative estimate of drug-likeness (QED) is 0.678. The Morgan fingerprint density at radius 3 is 2.00 bits per heavy atom. The molecular weight excluding hydrogens is 244 g/mol. The smallest absolute Gasteiger partial charge is 0.0328 e. The maximum atomic E-state index is 3.63. The van der Waals surface area contributed by atoms with Crippen molar-refractivity contribution in [3.8, 4) is 0 Å². The van der Waals surface area contributed by atoms with Gasteiger partial charge in [0.1, 0.15) is 0 Å². The number of hydrogen-bond acceptors (Lipinski definition) is 0. The summed E-state index contributed by atoms with van der Waals surface area (Å²) < 4.78 is 0.293. The fourth-order valence-electron chi connectivity index (χ4n) is 0.906. The van der Waals surface area contributed by atoms with E-state index < -0.39 is 0 Å². The highest BCUT2D eigenvalue weighted by atomic mass is 79.9. The Labute approximate surface area is 74.7 Å². The summed E-state index contributed by atoms with van der Waals surface area (Å²) >= 11 is 7.09. The molecule has 0 aliphatic carbocycles. The molecule has 0 nitrogen and oxygen atoms in total. The van der Waals surface area contributed by atoms with Gasteiger partial charge in [0.25, 0.3) is 0 Å². The van der Waals surface area contributed by atoms with Gasteiger partial charge in [-0.05, 0) is 19.3 Å². The lowest BCUT2D eigenvalue weighted by Gasteiger charge is -2.21. The molecule has 0 radical (unpaired) electrons. The van der Waals surface area contributed by atoms with Crippen LogP contribution in [0.15, 0.2) is 0 Å². The summed E-state index contributed by atoms with van der Waals surface area (Å²) in [5.74, 6) is 0.770. The fourth-order valence-corrected chi connectivity index (χ4v) is 1.78. The van der Waals surface area contributed by atoms with E-state index in [0.29, 0.717) is 4.32 Å². The van der Waals surface area contributed by atoms with Crippen LogP contribution in [-0.4, -0.2) is 9.65 Å². The molecule has 0 aliphatic rings. The number of rotatable bonds is 3. The molecule has 56 valence electrons. The van der Waals surface area contributed by atoms with Gasteiger partial charge in [-0.25, -0.2) is 0 Å². The van der Waals surface area contributed by atoms with Crippen LogP contribution in [0, 0.1) is 5.92 Å². The minimum absolute atomic E-state index is 0.293. The van der Waals surface area contributed by atoms with Crippen LogP contribution in [0.1, 0.15) is 27.2 Å². The van der Waals surface area contributed by atoms with Gasteiger partial charge >= 0.3 is 0 Å². The molecule has 0 aromatic carbocycles. The summed E-state index contributed by atoms with van der Waals surface area (Å²) in [5.41, 5.74) is 0. The lowest BCUT2D eigenvalue weighted by Crippen LogP contribution is -2.19. The molecule has 0 N–H and O–H groups in total. The van der Waals surface area contributed by atoms with E-state index in [9.17, 15) is 0 Å². The van der Waals surface area contributed by atoms with Crippen molar-refractivity contribution in [3.63, 3.8) is 0 Å². The van der Waals surface area contributed by atoms with Crippen LogP contribution in [0.5, 0.6) is 0 Å². The van der Waals surface area contributed by atoms with E-state index in [1.165, 1.54) is 6.42 Å². The van der Waals surface area contributed by atoms with E-state index in [0.717, 1.165) is 11.2 Å². The van der Waals surface area contributed by atoms with Gasteiger partial charge in [-0.15, -0.1) is 0 Å². The first-order chi connectivity index (χ1) is 3.98. The second-order valence-electron chi connectivity index (χ2n) is 3.14. The molecule has 1 atom stereocenters. The molecule has 1 unspecified atom stereocenters. The second kappa shape index (κ2) is 3.97. The first kappa shape index (κ1) is 9.96. The highest BCUT2D eigenvalue weighted by molar-refractivity contribution is 9.12. The van der Waals surface area contributed by atoms with Crippen LogP contribution < -0.4 is 0 Å². The highest BCUT2D eigenvalue weighted by Crippen LogP contribution is 2.27. The van der Waals surface area contributed by atoms with Crippen molar-refractivity contribution in [2.24, 2.45) is 5.92 Å². The highest BCUT2D eigenvalue weighted by Gasteiger charge is 2.19. The predicted molar refractivity (Wildman–Crippen MR) is 50.6 cm³/mol. The van der Waals surface area contributed by atoms with Crippen molar-refractivity contribution >= 4 is 31.9 Å². The normalized spacial score (nSPS) is 18.0. The molecule has 0 fully saturated rings. The number of halogens is 2. The molecule has 0 saturated heterocycles. The van der Waals surface area contributed by atoms with Crippen molar-refractivity contribution in [3.05, 3.63) is 0 Å². The molecule has 0 aliphatic heterocycles. The molecule has 0 heterocycles. The van der Waals surface area contributed by atoms with Gasteiger partial charge in [0.15, 0.2) is 0 Å². The van der Waals surface area contributed by atoms with E-state index in [1.807, 2.05) is 0 Å². The zero-order valence-corrected chi connectivity index (χ0v) is 9.42. The van der Waals surface area contributed by atoms with E-state index in [2.05, 4.69) is 52.6 Å². The molecule has 0 aromatic rings. The molecule has 9 heavy (non-hydrogen) atoms. The van der Waals surface area contributed by atoms with Gasteiger partial charge in [0.05, 0.1) is 0 Å². The Hall–Kier alpha value is 0.960. The summed E-state index contributed by atoms with van der Waals surface area (Å²) in [6, 6.07) is 0. The van der Waals surface area contributed by atoms with Crippen LogP contribution >= 0.6 is 31.9 Å². The fraction of sp³-hybridized carbons (Fsp3) is 1.00.